The summed E-state index contributed by atoms with van der Waals surface area (Å²) >= 11 is 0. The molecule has 0 aliphatic carbocycles. The van der Waals surface area contributed by atoms with Gasteiger partial charge in [0, 0.05) is 31.9 Å². The topological polar surface area (TPSA) is 70.2 Å². The first kappa shape index (κ1) is 15.2. The lowest BCUT2D eigenvalue weighted by atomic mass is 10.3. The summed E-state index contributed by atoms with van der Waals surface area (Å²) in [5.41, 5.74) is 0.951. The number of rotatable bonds is 7. The molecule has 0 radical (unpaired) electrons. The number of hydrogen-bond acceptors (Lipinski definition) is 5. The highest BCUT2D eigenvalue weighted by Crippen LogP contribution is 2.16. The molecule has 1 heterocycles. The van der Waals surface area contributed by atoms with Crippen molar-refractivity contribution in [3.05, 3.63) is 11.8 Å². The summed E-state index contributed by atoms with van der Waals surface area (Å²) in [5.74, 6) is 1.37. The molecule has 0 bridgehead atoms. The number of aryl methyl sites for hydroxylation is 1. The van der Waals surface area contributed by atoms with Gasteiger partial charge in [0.15, 0.2) is 0 Å². The monoisotopic (exact) mass is 265 g/mol. The Bertz CT molecular complexity index is 421. The third-order valence-corrected chi connectivity index (χ3v) is 2.59. The molecule has 1 rings (SSSR count). The van der Waals surface area contributed by atoms with Gasteiger partial charge in [-0.3, -0.25) is 4.79 Å². The Morgan fingerprint density at radius 1 is 1.42 bits per heavy atom. The van der Waals surface area contributed by atoms with Crippen molar-refractivity contribution in [2.24, 2.45) is 0 Å². The van der Waals surface area contributed by atoms with E-state index in [0.29, 0.717) is 19.0 Å². The zero-order valence-corrected chi connectivity index (χ0v) is 12.2. The highest BCUT2D eigenvalue weighted by atomic mass is 16.2. The molecule has 0 atom stereocenters. The zero-order chi connectivity index (χ0) is 14.3. The summed E-state index contributed by atoms with van der Waals surface area (Å²) in [7, 11) is 1.86. The van der Waals surface area contributed by atoms with Gasteiger partial charge in [0.25, 0.3) is 0 Å². The summed E-state index contributed by atoms with van der Waals surface area (Å²) in [5, 5.41) is 5.92. The molecule has 1 aromatic heterocycles. The summed E-state index contributed by atoms with van der Waals surface area (Å²) in [6.07, 6.45) is 2.70. The average Bonchev–Trinajstić information content (AvgIpc) is 2.38. The molecule has 0 aromatic carbocycles. The van der Waals surface area contributed by atoms with Crippen LogP contribution in [0.1, 0.15) is 25.8 Å². The van der Waals surface area contributed by atoms with Crippen LogP contribution in [0.25, 0.3) is 0 Å². The number of nitrogens with one attached hydrogen (secondary N) is 2. The van der Waals surface area contributed by atoms with Crippen LogP contribution in [-0.4, -0.2) is 42.6 Å². The third kappa shape index (κ3) is 4.73. The van der Waals surface area contributed by atoms with E-state index >= 15 is 0 Å². The Labute approximate surface area is 114 Å². The predicted molar refractivity (Wildman–Crippen MR) is 77.5 cm³/mol. The molecule has 0 saturated heterocycles. The Morgan fingerprint density at radius 3 is 2.79 bits per heavy atom. The van der Waals surface area contributed by atoms with Crippen molar-refractivity contribution in [1.82, 2.24) is 15.3 Å². The lowest BCUT2D eigenvalue weighted by Gasteiger charge is -2.20. The van der Waals surface area contributed by atoms with E-state index in [1.807, 2.05) is 32.7 Å². The average molecular weight is 265 g/mol. The number of aromatic nitrogens is 2. The Balaban J connectivity index is 2.72. The van der Waals surface area contributed by atoms with Gasteiger partial charge in [-0.05, 0) is 20.3 Å². The first-order valence-electron chi connectivity index (χ1n) is 6.63. The van der Waals surface area contributed by atoms with Crippen molar-refractivity contribution in [3.63, 3.8) is 0 Å². The van der Waals surface area contributed by atoms with E-state index in [1.165, 1.54) is 0 Å². The third-order valence-electron chi connectivity index (χ3n) is 2.59. The van der Waals surface area contributed by atoms with Gasteiger partial charge in [-0.2, -0.15) is 4.98 Å². The summed E-state index contributed by atoms with van der Waals surface area (Å²) < 4.78 is 0. The molecule has 2 N–H and O–H groups in total. The van der Waals surface area contributed by atoms with Crippen LogP contribution in [0.3, 0.4) is 0 Å². The Morgan fingerprint density at radius 2 is 2.16 bits per heavy atom. The minimum absolute atomic E-state index is 0.00682. The molecule has 6 nitrogen and oxygen atoms in total. The highest BCUT2D eigenvalue weighted by Gasteiger charge is 2.11. The molecule has 6 heteroatoms. The maximum atomic E-state index is 11.7. The molecule has 1 amide bonds. The van der Waals surface area contributed by atoms with Gasteiger partial charge in [-0.25, -0.2) is 4.98 Å². The van der Waals surface area contributed by atoms with Crippen molar-refractivity contribution in [2.45, 2.75) is 27.2 Å². The molecule has 0 fully saturated rings. The van der Waals surface area contributed by atoms with Crippen LogP contribution in [-0.2, 0) is 4.79 Å². The van der Waals surface area contributed by atoms with Crippen LogP contribution < -0.4 is 15.5 Å². The van der Waals surface area contributed by atoms with Gasteiger partial charge in [0.1, 0.15) is 5.82 Å². The Hall–Kier alpha value is -1.85. The van der Waals surface area contributed by atoms with Crippen molar-refractivity contribution in [3.8, 4) is 0 Å². The normalized spacial score (nSPS) is 10.1. The lowest BCUT2D eigenvalue weighted by Crippen LogP contribution is -2.36. The van der Waals surface area contributed by atoms with Gasteiger partial charge in [-0.15, -0.1) is 0 Å². The van der Waals surface area contributed by atoms with Crippen LogP contribution in [0.5, 0.6) is 0 Å². The summed E-state index contributed by atoms with van der Waals surface area (Å²) in [6, 6.07) is 0. The second kappa shape index (κ2) is 7.56. The Kier molecular flexibility index (Phi) is 6.05. The number of carbonyl (C=O) groups excluding carboxylic acids is 1. The van der Waals surface area contributed by atoms with Gasteiger partial charge in [0.2, 0.25) is 11.9 Å². The summed E-state index contributed by atoms with van der Waals surface area (Å²) in [6.45, 7) is 7.72. The molecule has 0 spiro atoms. The number of amides is 1. The van der Waals surface area contributed by atoms with Crippen LogP contribution in [0.4, 0.5) is 11.8 Å². The second-order valence-corrected chi connectivity index (χ2v) is 4.44. The van der Waals surface area contributed by atoms with E-state index in [0.717, 1.165) is 24.3 Å². The molecular weight excluding hydrogens is 242 g/mol. The van der Waals surface area contributed by atoms with Crippen LogP contribution in [0.15, 0.2) is 6.20 Å². The molecule has 0 saturated carbocycles. The quantitative estimate of drug-likeness (QED) is 0.774. The number of nitrogens with zero attached hydrogens (tertiary/aromatic N) is 3. The molecule has 0 aliphatic rings. The molecule has 1 aromatic rings. The van der Waals surface area contributed by atoms with Crippen LogP contribution in [0, 0.1) is 6.92 Å². The first-order chi connectivity index (χ1) is 9.08. The lowest BCUT2D eigenvalue weighted by molar-refractivity contribution is -0.119. The first-order valence-corrected chi connectivity index (χ1v) is 6.63. The van der Waals surface area contributed by atoms with E-state index in [9.17, 15) is 4.79 Å². The van der Waals surface area contributed by atoms with E-state index in [4.69, 9.17) is 0 Å². The van der Waals surface area contributed by atoms with Crippen molar-refractivity contribution in [1.29, 1.82) is 0 Å². The van der Waals surface area contributed by atoms with E-state index < -0.39 is 0 Å². The smallest absolute Gasteiger partial charge is 0.239 e. The SMILES string of the molecule is CCCNC(=O)CN(C)c1nc(NCC)ncc1C. The zero-order valence-electron chi connectivity index (χ0n) is 12.2. The maximum absolute atomic E-state index is 11.7. The fraction of sp³-hybridized carbons (Fsp3) is 0.615. The fourth-order valence-electron chi connectivity index (χ4n) is 1.67. The van der Waals surface area contributed by atoms with Crippen molar-refractivity contribution < 1.29 is 4.79 Å². The largest absolute Gasteiger partial charge is 0.355 e. The van der Waals surface area contributed by atoms with Gasteiger partial charge in [-0.1, -0.05) is 6.92 Å². The maximum Gasteiger partial charge on any atom is 0.239 e. The van der Waals surface area contributed by atoms with Crippen LogP contribution >= 0.6 is 0 Å². The van der Waals surface area contributed by atoms with Gasteiger partial charge < -0.3 is 15.5 Å². The number of hydrogen-bond donors (Lipinski definition) is 2. The number of likely N-dealkylation sites (N-methyl/N-ethyl adjacent to an activating group) is 1. The molecule has 19 heavy (non-hydrogen) atoms. The number of carbonyl (C=O) groups is 1. The minimum Gasteiger partial charge on any atom is -0.355 e. The fourth-order valence-corrected chi connectivity index (χ4v) is 1.67. The van der Waals surface area contributed by atoms with Crippen molar-refractivity contribution in [2.75, 3.05) is 36.9 Å². The van der Waals surface area contributed by atoms with E-state index in [2.05, 4.69) is 20.6 Å². The minimum atomic E-state index is 0.00682. The van der Waals surface area contributed by atoms with Gasteiger partial charge in [0.05, 0.1) is 6.54 Å². The molecule has 106 valence electrons. The molecule has 0 aliphatic heterocycles. The number of anilines is 2. The van der Waals surface area contributed by atoms with Crippen LogP contribution in [0.2, 0.25) is 0 Å². The molecule has 0 unspecified atom stereocenters. The van der Waals surface area contributed by atoms with E-state index in [-0.39, 0.29) is 5.91 Å². The highest BCUT2D eigenvalue weighted by molar-refractivity contribution is 5.81. The molecular formula is C13H23N5O. The standard InChI is InChI=1S/C13H23N5O/c1-5-7-15-11(19)9-18(4)12-10(3)8-16-13(17-12)14-6-2/h8H,5-7,9H2,1-4H3,(H,15,19)(H,14,16,17). The second-order valence-electron chi connectivity index (χ2n) is 4.44. The van der Waals surface area contributed by atoms with E-state index in [1.54, 1.807) is 6.20 Å². The van der Waals surface area contributed by atoms with Gasteiger partial charge >= 0.3 is 0 Å². The summed E-state index contributed by atoms with van der Waals surface area (Å²) in [4.78, 5) is 22.1. The predicted octanol–water partition coefficient (Wildman–Crippen LogP) is 1.18. The van der Waals surface area contributed by atoms with Crippen molar-refractivity contribution >= 4 is 17.7 Å².